The molecule has 1 amide bonds. The van der Waals surface area contributed by atoms with Crippen LogP contribution in [0.3, 0.4) is 0 Å². The van der Waals surface area contributed by atoms with E-state index in [0.29, 0.717) is 11.2 Å². The number of nitrogens with one attached hydrogen (secondary N) is 2. The second-order valence-corrected chi connectivity index (χ2v) is 6.05. The molecule has 0 radical (unpaired) electrons. The molecule has 2 unspecified atom stereocenters. The normalized spacial score (nSPS) is 24.2. The van der Waals surface area contributed by atoms with Crippen LogP contribution in [0.4, 0.5) is 4.79 Å². The fourth-order valence-electron chi connectivity index (χ4n) is 2.59. The Labute approximate surface area is 132 Å². The molecule has 2 aromatic rings. The minimum absolute atomic E-state index is 0.0478. The predicted molar refractivity (Wildman–Crippen MR) is 81.1 cm³/mol. The highest BCUT2D eigenvalue weighted by atomic mass is 16.7. The van der Waals surface area contributed by atoms with E-state index in [2.05, 4.69) is 15.7 Å². The number of nitrogens with zero attached hydrogens (tertiary/aromatic N) is 2. The van der Waals surface area contributed by atoms with Crippen LogP contribution in [0, 0.1) is 5.92 Å². The molecular formula is C15H18N4O4. The topological polar surface area (TPSA) is 105 Å². The maximum atomic E-state index is 12.3. The van der Waals surface area contributed by atoms with Gasteiger partial charge in [0.2, 0.25) is 5.91 Å². The zero-order valence-corrected chi connectivity index (χ0v) is 13.0. The maximum Gasteiger partial charge on any atom is 0.511 e. The highest BCUT2D eigenvalue weighted by molar-refractivity contribution is 5.88. The van der Waals surface area contributed by atoms with Crippen LogP contribution >= 0.6 is 0 Å². The molecule has 0 bridgehead atoms. The van der Waals surface area contributed by atoms with Crippen LogP contribution in [0.15, 0.2) is 24.4 Å². The van der Waals surface area contributed by atoms with E-state index in [1.807, 2.05) is 13.8 Å². The van der Waals surface area contributed by atoms with Crippen LogP contribution in [-0.4, -0.2) is 32.3 Å². The van der Waals surface area contributed by atoms with Crippen molar-refractivity contribution in [1.29, 1.82) is 0 Å². The third kappa shape index (κ3) is 2.50. The summed E-state index contributed by atoms with van der Waals surface area (Å²) in [7, 11) is 0. The number of hydrogen-bond donors (Lipinski definition) is 3. The monoisotopic (exact) mass is 318 g/mol. The van der Waals surface area contributed by atoms with Gasteiger partial charge < -0.3 is 15.2 Å². The first-order chi connectivity index (χ1) is 10.8. The Balaban J connectivity index is 2.04. The lowest BCUT2D eigenvalue weighted by atomic mass is 9.89. The summed E-state index contributed by atoms with van der Waals surface area (Å²) in [6, 6.07) is 5.15. The van der Waals surface area contributed by atoms with Gasteiger partial charge in [0.1, 0.15) is 11.9 Å². The summed E-state index contributed by atoms with van der Waals surface area (Å²) in [4.78, 5) is 23.2. The summed E-state index contributed by atoms with van der Waals surface area (Å²) in [5.41, 5.74) is 0.244. The van der Waals surface area contributed by atoms with E-state index in [9.17, 15) is 9.59 Å². The fourth-order valence-corrected chi connectivity index (χ4v) is 2.59. The molecule has 1 saturated heterocycles. The highest BCUT2D eigenvalue weighted by Crippen LogP contribution is 2.31. The van der Waals surface area contributed by atoms with Gasteiger partial charge in [-0.2, -0.15) is 5.10 Å². The van der Waals surface area contributed by atoms with E-state index < -0.39 is 17.9 Å². The van der Waals surface area contributed by atoms with Gasteiger partial charge in [0.05, 0.1) is 11.1 Å². The molecule has 0 aliphatic carbocycles. The minimum Gasteiger partial charge on any atom is -0.449 e. The quantitative estimate of drug-likeness (QED) is 0.741. The number of carbonyl (C=O) groups is 2. The van der Waals surface area contributed by atoms with Crippen molar-refractivity contribution in [2.24, 2.45) is 5.92 Å². The summed E-state index contributed by atoms with van der Waals surface area (Å²) in [5.74, 6) is -0.0191. The molecule has 3 N–H and O–H groups in total. The molecule has 0 aromatic carbocycles. The third-order valence-electron chi connectivity index (χ3n) is 4.32. The molecule has 23 heavy (non-hydrogen) atoms. The van der Waals surface area contributed by atoms with Gasteiger partial charge in [-0.3, -0.25) is 10.1 Å². The number of amides is 1. The molecule has 0 spiro atoms. The number of ether oxygens (including phenoxy) is 1. The highest BCUT2D eigenvalue weighted by Gasteiger charge is 2.46. The average Bonchev–Trinajstić information content (AvgIpc) is 3.02. The Morgan fingerprint density at radius 3 is 2.87 bits per heavy atom. The van der Waals surface area contributed by atoms with Gasteiger partial charge in [0.15, 0.2) is 5.75 Å². The molecule has 1 aliphatic heterocycles. The van der Waals surface area contributed by atoms with Crippen molar-refractivity contribution >= 4 is 17.6 Å². The van der Waals surface area contributed by atoms with Gasteiger partial charge in [-0.25, -0.2) is 9.31 Å². The molecule has 2 atom stereocenters. The van der Waals surface area contributed by atoms with E-state index >= 15 is 0 Å². The Kier molecular flexibility index (Phi) is 3.48. The lowest BCUT2D eigenvalue weighted by Gasteiger charge is -2.26. The fraction of sp³-hybridized carbons (Fsp3) is 0.400. The van der Waals surface area contributed by atoms with Crippen LogP contribution in [0.5, 0.6) is 5.75 Å². The second-order valence-electron chi connectivity index (χ2n) is 6.05. The average molecular weight is 318 g/mol. The summed E-state index contributed by atoms with van der Waals surface area (Å²) in [6.07, 6.45) is -0.321. The lowest BCUT2D eigenvalue weighted by Crippen LogP contribution is -2.48. The van der Waals surface area contributed by atoms with Crippen LogP contribution in [0.25, 0.3) is 5.52 Å². The third-order valence-corrected chi connectivity index (χ3v) is 4.32. The number of aromatic nitrogens is 2. The van der Waals surface area contributed by atoms with Crippen molar-refractivity contribution in [3.05, 3.63) is 30.1 Å². The van der Waals surface area contributed by atoms with Crippen molar-refractivity contribution in [3.63, 3.8) is 0 Å². The van der Waals surface area contributed by atoms with Gasteiger partial charge in [0, 0.05) is 12.3 Å². The Hall–Kier alpha value is -2.61. The molecule has 1 fully saturated rings. The van der Waals surface area contributed by atoms with Crippen LogP contribution in [-0.2, 0) is 4.79 Å². The van der Waals surface area contributed by atoms with E-state index in [1.165, 1.54) is 0 Å². The Morgan fingerprint density at radius 1 is 1.52 bits per heavy atom. The van der Waals surface area contributed by atoms with Crippen LogP contribution in [0.2, 0.25) is 0 Å². The van der Waals surface area contributed by atoms with Crippen molar-refractivity contribution in [2.75, 3.05) is 0 Å². The molecule has 8 nitrogen and oxygen atoms in total. The van der Waals surface area contributed by atoms with Gasteiger partial charge in [-0.05, 0) is 25.0 Å². The summed E-state index contributed by atoms with van der Waals surface area (Å²) in [6.45, 7) is 5.68. The zero-order valence-electron chi connectivity index (χ0n) is 13.0. The first kappa shape index (κ1) is 15.3. The first-order valence-electron chi connectivity index (χ1n) is 7.29. The van der Waals surface area contributed by atoms with E-state index in [4.69, 9.17) is 9.84 Å². The van der Waals surface area contributed by atoms with Crippen molar-refractivity contribution in [2.45, 2.75) is 32.5 Å². The maximum absolute atomic E-state index is 12.3. The molecule has 1 aliphatic rings. The van der Waals surface area contributed by atoms with Crippen molar-refractivity contribution < 1.29 is 19.4 Å². The first-order valence-corrected chi connectivity index (χ1v) is 7.29. The van der Waals surface area contributed by atoms with Gasteiger partial charge in [-0.15, -0.1) is 0 Å². The smallest absolute Gasteiger partial charge is 0.449 e. The Morgan fingerprint density at radius 2 is 2.26 bits per heavy atom. The molecule has 8 heteroatoms. The standard InChI is InChI=1S/C15H18N4O4/c1-8(2)15(3)13(20)16-12(17-15)11-10(23-14(21)22)7-9-5-4-6-19(9)18-11/h4-8,12,17H,1-3H3,(H,16,20)(H,21,22). The number of carboxylic acid groups (broad SMARTS) is 1. The molecule has 122 valence electrons. The second kappa shape index (κ2) is 5.24. The molecule has 3 heterocycles. The number of hydrogen-bond acceptors (Lipinski definition) is 5. The summed E-state index contributed by atoms with van der Waals surface area (Å²) in [5, 5.41) is 19.3. The SMILES string of the molecule is CC(C)C1(C)NC(c2nn3cccc3cc2OC(=O)O)NC1=O. The number of rotatable bonds is 3. The van der Waals surface area contributed by atoms with E-state index in [-0.39, 0.29) is 17.6 Å². The minimum atomic E-state index is -1.43. The molecule has 2 aromatic heterocycles. The summed E-state index contributed by atoms with van der Waals surface area (Å²) >= 11 is 0. The number of fused-ring (bicyclic) bond motifs is 1. The molecular weight excluding hydrogens is 300 g/mol. The van der Waals surface area contributed by atoms with Gasteiger partial charge >= 0.3 is 6.16 Å². The van der Waals surface area contributed by atoms with Gasteiger partial charge in [-0.1, -0.05) is 13.8 Å². The Bertz CT molecular complexity index is 785. The molecule has 0 saturated carbocycles. The molecule has 3 rings (SSSR count). The van der Waals surface area contributed by atoms with E-state index in [1.54, 1.807) is 35.8 Å². The largest absolute Gasteiger partial charge is 0.511 e. The van der Waals surface area contributed by atoms with Crippen molar-refractivity contribution in [1.82, 2.24) is 20.2 Å². The summed E-state index contributed by atoms with van der Waals surface area (Å²) < 4.78 is 6.45. The van der Waals surface area contributed by atoms with Crippen molar-refractivity contribution in [3.8, 4) is 5.75 Å². The predicted octanol–water partition coefficient (Wildman–Crippen LogP) is 1.52. The van der Waals surface area contributed by atoms with E-state index in [0.717, 1.165) is 0 Å². The van der Waals surface area contributed by atoms with Gasteiger partial charge in [0.25, 0.3) is 0 Å². The van der Waals surface area contributed by atoms with Crippen LogP contribution in [0.1, 0.15) is 32.6 Å². The lowest BCUT2D eigenvalue weighted by molar-refractivity contribution is -0.125. The number of carbonyl (C=O) groups excluding carboxylic acids is 1. The van der Waals surface area contributed by atoms with Crippen LogP contribution < -0.4 is 15.4 Å². The zero-order chi connectivity index (χ0) is 16.8.